The van der Waals surface area contributed by atoms with Crippen LogP contribution in [0.25, 0.3) is 0 Å². The number of carbonyl (C=O) groups excluding carboxylic acids is 1. The maximum absolute atomic E-state index is 13.6. The van der Waals surface area contributed by atoms with E-state index in [-0.39, 0.29) is 5.56 Å². The van der Waals surface area contributed by atoms with Crippen molar-refractivity contribution in [3.05, 3.63) is 35.4 Å². The smallest absolute Gasteiger partial charge is 0.307 e. The molecule has 1 fully saturated rings. The van der Waals surface area contributed by atoms with E-state index in [0.29, 0.717) is 0 Å². The van der Waals surface area contributed by atoms with E-state index in [9.17, 15) is 18.4 Å². The second-order valence-electron chi connectivity index (χ2n) is 5.98. The number of amides is 1. The van der Waals surface area contributed by atoms with Crippen LogP contribution in [0.15, 0.2) is 18.2 Å². The lowest BCUT2D eigenvalue weighted by atomic mass is 10.1. The Kier molecular flexibility index (Phi) is 3.74. The topological polar surface area (TPSA) is 66.4 Å². The molecule has 0 aliphatic heterocycles. The molecule has 114 valence electrons. The van der Waals surface area contributed by atoms with Crippen molar-refractivity contribution in [3.8, 4) is 0 Å². The molecule has 21 heavy (non-hydrogen) atoms. The number of aliphatic carboxylic acids is 1. The van der Waals surface area contributed by atoms with E-state index in [1.54, 1.807) is 13.8 Å². The molecule has 0 bridgehead atoms. The summed E-state index contributed by atoms with van der Waals surface area (Å²) < 4.78 is 27.3. The van der Waals surface area contributed by atoms with Gasteiger partial charge in [-0.1, -0.05) is 19.9 Å². The second kappa shape index (κ2) is 5.09. The van der Waals surface area contributed by atoms with Gasteiger partial charge < -0.3 is 10.4 Å². The summed E-state index contributed by atoms with van der Waals surface area (Å²) in [4.78, 5) is 23.2. The molecule has 6 heteroatoms. The zero-order valence-electron chi connectivity index (χ0n) is 12.0. The van der Waals surface area contributed by atoms with Crippen LogP contribution in [-0.2, 0) is 9.59 Å². The van der Waals surface area contributed by atoms with Crippen molar-refractivity contribution in [2.24, 2.45) is 17.3 Å². The fourth-order valence-corrected chi connectivity index (χ4v) is 2.89. The molecule has 4 nitrogen and oxygen atoms in total. The molecule has 2 N–H and O–H groups in total. The van der Waals surface area contributed by atoms with Crippen LogP contribution in [0.1, 0.15) is 32.4 Å². The molecular formula is C15H17F2NO3. The van der Waals surface area contributed by atoms with Crippen LogP contribution >= 0.6 is 0 Å². The quantitative estimate of drug-likeness (QED) is 0.897. The van der Waals surface area contributed by atoms with Gasteiger partial charge in [-0.15, -0.1) is 0 Å². The highest BCUT2D eigenvalue weighted by molar-refractivity contribution is 5.91. The summed E-state index contributed by atoms with van der Waals surface area (Å²) in [7, 11) is 0. The summed E-state index contributed by atoms with van der Waals surface area (Å²) in [6.07, 6.45) is 0. The monoisotopic (exact) mass is 297 g/mol. The van der Waals surface area contributed by atoms with Crippen LogP contribution in [0.5, 0.6) is 0 Å². The Hall–Kier alpha value is -1.98. The molecule has 0 radical (unpaired) electrons. The fourth-order valence-electron chi connectivity index (χ4n) is 2.89. The molecule has 1 saturated carbocycles. The van der Waals surface area contributed by atoms with E-state index < -0.39 is 46.8 Å². The highest BCUT2D eigenvalue weighted by Crippen LogP contribution is 2.58. The van der Waals surface area contributed by atoms with Crippen LogP contribution < -0.4 is 5.32 Å². The average Bonchev–Trinajstić information content (AvgIpc) is 2.92. The number of hydrogen-bond acceptors (Lipinski definition) is 2. The summed E-state index contributed by atoms with van der Waals surface area (Å²) in [5, 5.41) is 11.5. The summed E-state index contributed by atoms with van der Waals surface area (Å²) in [6.45, 7) is 4.83. The molecule has 0 saturated heterocycles. The molecule has 3 unspecified atom stereocenters. The number of benzene rings is 1. The third-order valence-electron chi connectivity index (χ3n) is 4.17. The predicted molar refractivity (Wildman–Crippen MR) is 71.3 cm³/mol. The maximum atomic E-state index is 13.6. The number of carboxylic acid groups (broad SMARTS) is 1. The van der Waals surface area contributed by atoms with Crippen molar-refractivity contribution < 1.29 is 23.5 Å². The van der Waals surface area contributed by atoms with Crippen molar-refractivity contribution in [2.75, 3.05) is 0 Å². The molecule has 1 aromatic carbocycles. The van der Waals surface area contributed by atoms with Crippen molar-refractivity contribution >= 4 is 11.9 Å². The van der Waals surface area contributed by atoms with Crippen LogP contribution in [-0.4, -0.2) is 17.0 Å². The number of carbonyl (C=O) groups is 2. The van der Waals surface area contributed by atoms with Gasteiger partial charge >= 0.3 is 5.97 Å². The summed E-state index contributed by atoms with van der Waals surface area (Å²) in [6, 6.07) is 2.60. The summed E-state index contributed by atoms with van der Waals surface area (Å²) >= 11 is 0. The lowest BCUT2D eigenvalue weighted by Crippen LogP contribution is -2.31. The van der Waals surface area contributed by atoms with Gasteiger partial charge in [0.2, 0.25) is 5.91 Å². The van der Waals surface area contributed by atoms with E-state index in [1.165, 1.54) is 13.0 Å². The second-order valence-corrected chi connectivity index (χ2v) is 5.98. The first-order chi connectivity index (χ1) is 9.67. The average molecular weight is 297 g/mol. The first kappa shape index (κ1) is 15.4. The lowest BCUT2D eigenvalue weighted by Gasteiger charge is -2.16. The van der Waals surface area contributed by atoms with E-state index in [1.807, 2.05) is 0 Å². The zero-order chi connectivity index (χ0) is 15.9. The van der Waals surface area contributed by atoms with Crippen molar-refractivity contribution in [1.82, 2.24) is 5.32 Å². The predicted octanol–water partition coefficient (Wildman–Crippen LogP) is 2.50. The highest BCUT2D eigenvalue weighted by atomic mass is 19.1. The highest BCUT2D eigenvalue weighted by Gasteiger charge is 2.65. The van der Waals surface area contributed by atoms with Gasteiger partial charge in [-0.3, -0.25) is 9.59 Å². The number of halogens is 2. The van der Waals surface area contributed by atoms with Crippen molar-refractivity contribution in [1.29, 1.82) is 0 Å². The Labute approximate surface area is 121 Å². The Morgan fingerprint density at radius 2 is 1.76 bits per heavy atom. The van der Waals surface area contributed by atoms with Crippen molar-refractivity contribution in [2.45, 2.75) is 26.8 Å². The molecule has 1 amide bonds. The molecule has 3 atom stereocenters. The number of nitrogens with one attached hydrogen (secondary N) is 1. The van der Waals surface area contributed by atoms with E-state index in [4.69, 9.17) is 5.11 Å². The largest absolute Gasteiger partial charge is 0.481 e. The third-order valence-corrected chi connectivity index (χ3v) is 4.17. The van der Waals surface area contributed by atoms with Gasteiger partial charge in [0.15, 0.2) is 0 Å². The third kappa shape index (κ3) is 2.62. The van der Waals surface area contributed by atoms with E-state index in [2.05, 4.69) is 5.32 Å². The minimum atomic E-state index is -1.04. The first-order valence-electron chi connectivity index (χ1n) is 6.65. The molecule has 1 aromatic rings. The zero-order valence-corrected chi connectivity index (χ0v) is 12.0. The minimum absolute atomic E-state index is 0.226. The SMILES string of the molecule is CC(NC(=O)C1C(C(=O)O)C1(C)C)c1c(F)cccc1F. The van der Waals surface area contributed by atoms with Gasteiger partial charge in [0.05, 0.1) is 17.9 Å². The van der Waals surface area contributed by atoms with Crippen molar-refractivity contribution in [3.63, 3.8) is 0 Å². The molecule has 0 spiro atoms. The maximum Gasteiger partial charge on any atom is 0.307 e. The molecule has 2 rings (SSSR count). The molecule has 0 aromatic heterocycles. The molecule has 1 aliphatic rings. The van der Waals surface area contributed by atoms with Crippen LogP contribution in [0.3, 0.4) is 0 Å². The normalized spacial score (nSPS) is 24.2. The van der Waals surface area contributed by atoms with Crippen LogP contribution in [0, 0.1) is 28.9 Å². The van der Waals surface area contributed by atoms with Gasteiger partial charge in [-0.2, -0.15) is 0 Å². The van der Waals surface area contributed by atoms with Gasteiger partial charge in [0.1, 0.15) is 11.6 Å². The molecule has 1 aliphatic carbocycles. The number of rotatable bonds is 4. The Balaban J connectivity index is 2.13. The summed E-state index contributed by atoms with van der Waals surface area (Å²) in [5.41, 5.74) is -0.875. The van der Waals surface area contributed by atoms with Crippen LogP contribution in [0.2, 0.25) is 0 Å². The fraction of sp³-hybridized carbons (Fsp3) is 0.467. The van der Waals surface area contributed by atoms with E-state index in [0.717, 1.165) is 12.1 Å². The lowest BCUT2D eigenvalue weighted by molar-refractivity contribution is -0.140. The van der Waals surface area contributed by atoms with Gasteiger partial charge in [-0.25, -0.2) is 8.78 Å². The first-order valence-corrected chi connectivity index (χ1v) is 6.65. The summed E-state index contributed by atoms with van der Waals surface area (Å²) in [5.74, 6) is -4.48. The Morgan fingerprint density at radius 1 is 1.24 bits per heavy atom. The van der Waals surface area contributed by atoms with Gasteiger partial charge in [0, 0.05) is 5.56 Å². The van der Waals surface area contributed by atoms with Crippen LogP contribution in [0.4, 0.5) is 8.78 Å². The molecule has 0 heterocycles. The van der Waals surface area contributed by atoms with Gasteiger partial charge in [0.25, 0.3) is 0 Å². The Morgan fingerprint density at radius 3 is 2.19 bits per heavy atom. The molecular weight excluding hydrogens is 280 g/mol. The van der Waals surface area contributed by atoms with E-state index >= 15 is 0 Å². The number of hydrogen-bond donors (Lipinski definition) is 2. The minimum Gasteiger partial charge on any atom is -0.481 e. The Bertz CT molecular complexity index is 580. The number of carboxylic acids is 1. The van der Waals surface area contributed by atoms with Gasteiger partial charge in [-0.05, 0) is 24.5 Å². The standard InChI is InChI=1S/C15H17F2NO3/c1-7(10-8(16)5-4-6-9(10)17)18-13(19)11-12(14(20)21)15(11,2)3/h4-7,11-12H,1-3H3,(H,18,19)(H,20,21).